The van der Waals surface area contributed by atoms with Gasteiger partial charge in [-0.1, -0.05) is 17.7 Å². The van der Waals surface area contributed by atoms with Crippen LogP contribution in [-0.4, -0.2) is 46.8 Å². The minimum absolute atomic E-state index is 0.358. The lowest BCUT2D eigenvalue weighted by molar-refractivity contribution is 0.261. The number of aromatic nitrogens is 2. The molecule has 1 aromatic heterocycles. The van der Waals surface area contributed by atoms with Gasteiger partial charge in [-0.3, -0.25) is 4.90 Å². The third kappa shape index (κ3) is 3.84. The molecule has 1 aromatic carbocycles. The summed E-state index contributed by atoms with van der Waals surface area (Å²) in [5.74, 6) is 0. The molecule has 0 fully saturated rings. The fourth-order valence-electron chi connectivity index (χ4n) is 3.10. The first-order valence-corrected chi connectivity index (χ1v) is 10.5. The molecule has 0 bridgehead atoms. The van der Waals surface area contributed by atoms with Crippen LogP contribution in [0.3, 0.4) is 0 Å². The van der Waals surface area contributed by atoms with Crippen molar-refractivity contribution in [3.8, 4) is 0 Å². The molecule has 2 aromatic rings. The first-order chi connectivity index (χ1) is 12.3. The Kier molecular flexibility index (Phi) is 5.50. The predicted octanol–water partition coefficient (Wildman–Crippen LogP) is 2.63. The Morgan fingerprint density at radius 1 is 1.19 bits per heavy atom. The number of aryl methyl sites for hydroxylation is 2. The van der Waals surface area contributed by atoms with Gasteiger partial charge in [0, 0.05) is 25.7 Å². The molecule has 7 heteroatoms. The van der Waals surface area contributed by atoms with E-state index >= 15 is 0 Å². The second-order valence-corrected chi connectivity index (χ2v) is 9.28. The van der Waals surface area contributed by atoms with Crippen LogP contribution in [-0.2, 0) is 29.7 Å². The molecule has 0 atom stereocenters. The Hall–Kier alpha value is -1.70. The summed E-state index contributed by atoms with van der Waals surface area (Å²) in [6.45, 7) is 8.66. The molecule has 1 aliphatic heterocycles. The van der Waals surface area contributed by atoms with Crippen LogP contribution in [0.1, 0.15) is 37.2 Å². The molecule has 0 saturated carbocycles. The lowest BCUT2D eigenvalue weighted by Gasteiger charge is -2.23. The van der Waals surface area contributed by atoms with E-state index in [0.29, 0.717) is 24.0 Å². The molecule has 0 radical (unpaired) electrons. The number of rotatable bonds is 5. The highest BCUT2D eigenvalue weighted by Crippen LogP contribution is 2.24. The summed E-state index contributed by atoms with van der Waals surface area (Å²) in [5.41, 5.74) is 3.02. The van der Waals surface area contributed by atoms with Crippen molar-refractivity contribution < 1.29 is 8.42 Å². The maximum atomic E-state index is 13.1. The summed E-state index contributed by atoms with van der Waals surface area (Å²) in [7, 11) is -1.44. The van der Waals surface area contributed by atoms with Gasteiger partial charge in [0.25, 0.3) is 0 Å². The molecule has 0 unspecified atom stereocenters. The van der Waals surface area contributed by atoms with Gasteiger partial charge in [0.2, 0.25) is 10.0 Å². The Labute approximate surface area is 156 Å². The van der Waals surface area contributed by atoms with Crippen molar-refractivity contribution in [2.75, 3.05) is 13.6 Å². The Morgan fingerprint density at radius 2 is 1.88 bits per heavy atom. The summed E-state index contributed by atoms with van der Waals surface area (Å²) in [5, 5.41) is 0. The summed E-state index contributed by atoms with van der Waals surface area (Å²) < 4.78 is 29.9. The molecule has 1 aliphatic rings. The molecular weight excluding hydrogens is 348 g/mol. The van der Waals surface area contributed by atoms with Gasteiger partial charge in [-0.05, 0) is 46.4 Å². The third-order valence-electron chi connectivity index (χ3n) is 5.10. The van der Waals surface area contributed by atoms with Crippen molar-refractivity contribution in [2.24, 2.45) is 0 Å². The van der Waals surface area contributed by atoms with E-state index in [1.807, 2.05) is 25.4 Å². The molecular formula is C19H28N4O2S. The van der Waals surface area contributed by atoms with Gasteiger partial charge < -0.3 is 4.57 Å². The Bertz CT molecular complexity index is 856. The normalized spacial score (nSPS) is 16.1. The molecule has 0 N–H and O–H groups in total. The largest absolute Gasteiger partial charge is 0.333 e. The van der Waals surface area contributed by atoms with Crippen LogP contribution in [0.4, 0.5) is 0 Å². The van der Waals surface area contributed by atoms with Gasteiger partial charge in [-0.15, -0.1) is 0 Å². The highest BCUT2D eigenvalue weighted by Gasteiger charge is 2.29. The van der Waals surface area contributed by atoms with Crippen molar-refractivity contribution in [3.05, 3.63) is 47.5 Å². The van der Waals surface area contributed by atoms with E-state index in [9.17, 15) is 8.42 Å². The zero-order chi connectivity index (χ0) is 18.9. The van der Waals surface area contributed by atoms with Crippen LogP contribution in [0.15, 0.2) is 35.5 Å². The van der Waals surface area contributed by atoms with E-state index in [4.69, 9.17) is 0 Å². The minimum Gasteiger partial charge on any atom is -0.333 e. The van der Waals surface area contributed by atoms with E-state index in [1.165, 1.54) is 0 Å². The Balaban J connectivity index is 1.89. The molecule has 0 saturated heterocycles. The zero-order valence-electron chi connectivity index (χ0n) is 16.0. The topological polar surface area (TPSA) is 58.4 Å². The molecule has 3 rings (SSSR count). The molecule has 0 spiro atoms. The number of nitrogens with zero attached hydrogens (tertiary/aromatic N) is 4. The van der Waals surface area contributed by atoms with Crippen LogP contribution < -0.4 is 0 Å². The maximum absolute atomic E-state index is 13.1. The second kappa shape index (κ2) is 7.50. The number of hydrogen-bond acceptors (Lipinski definition) is 4. The van der Waals surface area contributed by atoms with Gasteiger partial charge in [0.15, 0.2) is 0 Å². The number of sulfonamides is 1. The molecule has 26 heavy (non-hydrogen) atoms. The van der Waals surface area contributed by atoms with E-state index in [1.54, 1.807) is 16.4 Å². The smallest absolute Gasteiger partial charge is 0.243 e. The van der Waals surface area contributed by atoms with Crippen LogP contribution in [0.25, 0.3) is 0 Å². The van der Waals surface area contributed by atoms with Crippen LogP contribution in [0.2, 0.25) is 0 Å². The minimum atomic E-state index is -3.51. The van der Waals surface area contributed by atoms with Crippen molar-refractivity contribution >= 4 is 10.0 Å². The van der Waals surface area contributed by atoms with Crippen LogP contribution in [0, 0.1) is 6.92 Å². The summed E-state index contributed by atoms with van der Waals surface area (Å²) in [6.07, 6.45) is 2.63. The van der Waals surface area contributed by atoms with Crippen molar-refractivity contribution in [1.82, 2.24) is 18.8 Å². The summed E-state index contributed by atoms with van der Waals surface area (Å²) in [6, 6.07) is 7.49. The molecule has 6 nitrogen and oxygen atoms in total. The molecule has 0 aliphatic carbocycles. The third-order valence-corrected chi connectivity index (χ3v) is 6.96. The standard InChI is InChI=1S/C19H28N4O2S/c1-15(2)21(4)12-18-19-13-23(11-5-10-22(19)14-20-18)26(24,25)17-8-6-16(3)7-9-17/h6-9,14-15H,5,10-13H2,1-4H3. The molecule has 0 amide bonds. The monoisotopic (exact) mass is 376 g/mol. The summed E-state index contributed by atoms with van der Waals surface area (Å²) >= 11 is 0. The van der Waals surface area contributed by atoms with E-state index in [2.05, 4.69) is 35.3 Å². The van der Waals surface area contributed by atoms with Crippen molar-refractivity contribution in [3.63, 3.8) is 0 Å². The van der Waals surface area contributed by atoms with Gasteiger partial charge in [-0.25, -0.2) is 13.4 Å². The van der Waals surface area contributed by atoms with Gasteiger partial charge in [0.05, 0.1) is 29.2 Å². The summed E-state index contributed by atoms with van der Waals surface area (Å²) in [4.78, 5) is 7.14. The lowest BCUT2D eigenvalue weighted by Crippen LogP contribution is -2.32. The quantitative estimate of drug-likeness (QED) is 0.805. The second-order valence-electron chi connectivity index (χ2n) is 7.35. The number of hydrogen-bond donors (Lipinski definition) is 0. The first-order valence-electron chi connectivity index (χ1n) is 9.09. The van der Waals surface area contributed by atoms with E-state index < -0.39 is 10.0 Å². The fraction of sp³-hybridized carbons (Fsp3) is 0.526. The van der Waals surface area contributed by atoms with Crippen LogP contribution in [0.5, 0.6) is 0 Å². The van der Waals surface area contributed by atoms with Gasteiger partial charge >= 0.3 is 0 Å². The molecule has 142 valence electrons. The number of imidazole rings is 1. The zero-order valence-corrected chi connectivity index (χ0v) is 16.8. The number of benzene rings is 1. The van der Waals surface area contributed by atoms with E-state index in [-0.39, 0.29) is 0 Å². The number of fused-ring (bicyclic) bond motifs is 1. The first kappa shape index (κ1) is 19.1. The molecule has 2 heterocycles. The highest BCUT2D eigenvalue weighted by molar-refractivity contribution is 7.89. The van der Waals surface area contributed by atoms with Gasteiger partial charge in [-0.2, -0.15) is 4.31 Å². The van der Waals surface area contributed by atoms with Gasteiger partial charge in [0.1, 0.15) is 0 Å². The predicted molar refractivity (Wildman–Crippen MR) is 102 cm³/mol. The maximum Gasteiger partial charge on any atom is 0.243 e. The average Bonchev–Trinajstić information content (AvgIpc) is 2.83. The highest BCUT2D eigenvalue weighted by atomic mass is 32.2. The lowest BCUT2D eigenvalue weighted by atomic mass is 10.2. The Morgan fingerprint density at radius 3 is 2.54 bits per heavy atom. The van der Waals surface area contributed by atoms with Crippen LogP contribution >= 0.6 is 0 Å². The average molecular weight is 377 g/mol. The fourth-order valence-corrected chi connectivity index (χ4v) is 4.54. The van der Waals surface area contributed by atoms with Crippen molar-refractivity contribution in [2.45, 2.75) is 57.8 Å². The van der Waals surface area contributed by atoms with Crippen molar-refractivity contribution in [1.29, 1.82) is 0 Å². The SMILES string of the molecule is Cc1ccc(S(=O)(=O)N2CCCn3cnc(CN(C)C(C)C)c3C2)cc1. The van der Waals surface area contributed by atoms with E-state index in [0.717, 1.165) is 36.5 Å².